The van der Waals surface area contributed by atoms with E-state index in [2.05, 4.69) is 26.7 Å². The minimum atomic E-state index is -0.989. The molecule has 1 heterocycles. The molecule has 0 unspecified atom stereocenters. The van der Waals surface area contributed by atoms with Crippen LogP contribution >= 0.6 is 0 Å². The molecule has 0 radical (unpaired) electrons. The third-order valence-electron chi connectivity index (χ3n) is 4.59. The summed E-state index contributed by atoms with van der Waals surface area (Å²) in [7, 11) is 1.55. The van der Waals surface area contributed by atoms with Crippen LogP contribution in [0, 0.1) is 18.6 Å². The normalized spacial score (nSPS) is 10.7. The van der Waals surface area contributed by atoms with Gasteiger partial charge in [0, 0.05) is 32.0 Å². The van der Waals surface area contributed by atoms with E-state index in [1.54, 1.807) is 7.11 Å². The lowest BCUT2D eigenvalue weighted by Gasteiger charge is -2.13. The summed E-state index contributed by atoms with van der Waals surface area (Å²) in [5.41, 5.74) is 2.88. The molecule has 6 nitrogen and oxygen atoms in total. The fraction of sp³-hybridized carbons (Fsp3) is 0.261. The summed E-state index contributed by atoms with van der Waals surface area (Å²) in [6.45, 7) is 3.26. The Morgan fingerprint density at radius 1 is 1.10 bits per heavy atom. The molecule has 0 aliphatic carbocycles. The lowest BCUT2D eigenvalue weighted by atomic mass is 10.1. The molecule has 2 aromatic carbocycles. The molecule has 3 aromatic rings. The van der Waals surface area contributed by atoms with Gasteiger partial charge in [-0.25, -0.2) is 18.7 Å². The molecular weight excluding hydrogens is 402 g/mol. The molecule has 31 heavy (non-hydrogen) atoms. The highest BCUT2D eigenvalue weighted by atomic mass is 19.2. The van der Waals surface area contributed by atoms with Gasteiger partial charge in [-0.2, -0.15) is 0 Å². The molecule has 0 atom stereocenters. The summed E-state index contributed by atoms with van der Waals surface area (Å²) in [5.74, 6) is -1.79. The van der Waals surface area contributed by atoms with Crippen molar-refractivity contribution in [3.8, 4) is 11.4 Å². The number of aryl methyl sites for hydroxylation is 1. The molecule has 8 heteroatoms. The van der Waals surface area contributed by atoms with Crippen LogP contribution in [0.15, 0.2) is 48.7 Å². The van der Waals surface area contributed by atoms with Crippen LogP contribution in [0.5, 0.6) is 0 Å². The highest BCUT2D eigenvalue weighted by Crippen LogP contribution is 2.21. The maximum atomic E-state index is 13.6. The maximum absolute atomic E-state index is 13.6. The Morgan fingerprint density at radius 2 is 1.94 bits per heavy atom. The van der Waals surface area contributed by atoms with Gasteiger partial charge < -0.3 is 15.4 Å². The van der Waals surface area contributed by atoms with Gasteiger partial charge in [0.05, 0.1) is 6.61 Å². The highest BCUT2D eigenvalue weighted by molar-refractivity contribution is 5.98. The number of anilines is 1. The van der Waals surface area contributed by atoms with Crippen molar-refractivity contribution in [2.45, 2.75) is 13.3 Å². The number of hydrogen-bond acceptors (Lipinski definition) is 5. The minimum Gasteiger partial charge on any atom is -0.383 e. The summed E-state index contributed by atoms with van der Waals surface area (Å²) in [4.78, 5) is 21.2. The predicted octanol–water partition coefficient (Wildman–Crippen LogP) is 3.76. The molecule has 1 aromatic heterocycles. The number of hydrogen-bond donors (Lipinski definition) is 2. The van der Waals surface area contributed by atoms with Crippen LogP contribution in [0.4, 0.5) is 14.6 Å². The van der Waals surface area contributed by atoms with E-state index in [-0.39, 0.29) is 17.3 Å². The highest BCUT2D eigenvalue weighted by Gasteiger charge is 2.16. The average molecular weight is 426 g/mol. The zero-order valence-corrected chi connectivity index (χ0v) is 17.4. The van der Waals surface area contributed by atoms with Crippen LogP contribution in [0.1, 0.15) is 21.5 Å². The number of methoxy groups -OCH3 is 1. The number of halogens is 2. The molecule has 0 fully saturated rings. The summed E-state index contributed by atoms with van der Waals surface area (Å²) < 4.78 is 31.9. The Bertz CT molecular complexity index is 1060. The third-order valence-corrected chi connectivity index (χ3v) is 4.59. The number of amides is 1. The van der Waals surface area contributed by atoms with Crippen molar-refractivity contribution in [1.29, 1.82) is 0 Å². The zero-order valence-electron chi connectivity index (χ0n) is 17.4. The van der Waals surface area contributed by atoms with E-state index >= 15 is 0 Å². The Balaban J connectivity index is 1.83. The summed E-state index contributed by atoms with van der Waals surface area (Å²) in [5, 5.41) is 5.92. The third kappa shape index (κ3) is 6.05. The van der Waals surface area contributed by atoms with Gasteiger partial charge in [0.25, 0.3) is 5.91 Å². The molecular formula is C23H24F2N4O2. The monoisotopic (exact) mass is 426 g/mol. The van der Waals surface area contributed by atoms with E-state index in [0.717, 1.165) is 24.1 Å². The van der Waals surface area contributed by atoms with Crippen molar-refractivity contribution < 1.29 is 18.3 Å². The van der Waals surface area contributed by atoms with Crippen molar-refractivity contribution in [1.82, 2.24) is 15.3 Å². The fourth-order valence-corrected chi connectivity index (χ4v) is 3.01. The van der Waals surface area contributed by atoms with Crippen LogP contribution in [-0.2, 0) is 11.2 Å². The van der Waals surface area contributed by atoms with Gasteiger partial charge in [-0.3, -0.25) is 4.79 Å². The molecule has 0 aliphatic heterocycles. The molecule has 1 amide bonds. The van der Waals surface area contributed by atoms with Gasteiger partial charge in [-0.15, -0.1) is 0 Å². The first-order chi connectivity index (χ1) is 15.0. The number of nitrogens with one attached hydrogen (secondary N) is 2. The Labute approximate surface area is 179 Å². The van der Waals surface area contributed by atoms with Crippen molar-refractivity contribution in [3.63, 3.8) is 0 Å². The van der Waals surface area contributed by atoms with Crippen molar-refractivity contribution in [2.75, 3.05) is 32.1 Å². The van der Waals surface area contributed by atoms with E-state index in [4.69, 9.17) is 4.74 Å². The van der Waals surface area contributed by atoms with Crippen molar-refractivity contribution >= 4 is 11.7 Å². The van der Waals surface area contributed by atoms with Gasteiger partial charge in [0.15, 0.2) is 17.5 Å². The van der Waals surface area contributed by atoms with Gasteiger partial charge in [-0.05, 0) is 37.1 Å². The van der Waals surface area contributed by atoms with Crippen molar-refractivity contribution in [2.24, 2.45) is 0 Å². The van der Waals surface area contributed by atoms with Crippen LogP contribution in [0.2, 0.25) is 0 Å². The molecule has 162 valence electrons. The van der Waals surface area contributed by atoms with E-state index in [9.17, 15) is 13.6 Å². The van der Waals surface area contributed by atoms with Gasteiger partial charge in [-0.1, -0.05) is 29.8 Å². The number of benzene rings is 2. The van der Waals surface area contributed by atoms with Crippen LogP contribution in [0.3, 0.4) is 0 Å². The second-order valence-electron chi connectivity index (χ2n) is 7.00. The van der Waals surface area contributed by atoms with Gasteiger partial charge >= 0.3 is 0 Å². The van der Waals surface area contributed by atoms with Crippen LogP contribution in [-0.4, -0.2) is 42.7 Å². The summed E-state index contributed by atoms with van der Waals surface area (Å²) >= 11 is 0. The molecule has 0 saturated heterocycles. The van der Waals surface area contributed by atoms with E-state index in [1.165, 1.54) is 17.8 Å². The lowest BCUT2D eigenvalue weighted by Crippen LogP contribution is -2.28. The first-order valence-electron chi connectivity index (χ1n) is 9.87. The Morgan fingerprint density at radius 3 is 2.68 bits per heavy atom. The predicted molar refractivity (Wildman–Crippen MR) is 115 cm³/mol. The molecule has 0 saturated carbocycles. The minimum absolute atomic E-state index is 0.186. The Kier molecular flexibility index (Phi) is 7.61. The number of rotatable bonds is 9. The molecule has 2 N–H and O–H groups in total. The van der Waals surface area contributed by atoms with Gasteiger partial charge in [0.2, 0.25) is 0 Å². The number of carbonyl (C=O) groups excluding carboxylic acids is 1. The van der Waals surface area contributed by atoms with E-state index in [1.807, 2.05) is 25.1 Å². The molecule has 0 bridgehead atoms. The summed E-state index contributed by atoms with van der Waals surface area (Å²) in [6.07, 6.45) is 2.09. The lowest BCUT2D eigenvalue weighted by molar-refractivity contribution is 0.0937. The zero-order chi connectivity index (χ0) is 22.2. The fourth-order valence-electron chi connectivity index (χ4n) is 3.01. The van der Waals surface area contributed by atoms with Crippen LogP contribution < -0.4 is 10.6 Å². The standard InChI is InChI=1S/C23H24F2N4O2/c1-15-4-3-5-16(12-15)8-9-26-22-18(23(30)27-10-11-31-2)14-28-21(29-22)17-6-7-19(24)20(25)13-17/h3-7,12-14H,8-11H2,1-2H3,(H,27,30)(H,26,28,29). The largest absolute Gasteiger partial charge is 0.383 e. The number of nitrogens with zero attached hydrogens (tertiary/aromatic N) is 2. The quantitative estimate of drug-likeness (QED) is 0.510. The second kappa shape index (κ2) is 10.6. The van der Waals surface area contributed by atoms with E-state index in [0.29, 0.717) is 31.1 Å². The first kappa shape index (κ1) is 22.3. The van der Waals surface area contributed by atoms with Crippen LogP contribution in [0.25, 0.3) is 11.4 Å². The average Bonchev–Trinajstić information content (AvgIpc) is 2.76. The molecule has 0 spiro atoms. The Hall–Kier alpha value is -3.39. The smallest absolute Gasteiger partial charge is 0.256 e. The SMILES string of the molecule is COCCNC(=O)c1cnc(-c2ccc(F)c(F)c2)nc1NCCc1cccc(C)c1. The summed E-state index contributed by atoms with van der Waals surface area (Å²) in [6, 6.07) is 11.6. The second-order valence-corrected chi connectivity index (χ2v) is 7.00. The first-order valence-corrected chi connectivity index (χ1v) is 9.87. The maximum Gasteiger partial charge on any atom is 0.256 e. The van der Waals surface area contributed by atoms with Crippen molar-refractivity contribution in [3.05, 3.63) is 77.0 Å². The van der Waals surface area contributed by atoms with E-state index < -0.39 is 11.6 Å². The molecule has 3 rings (SSSR count). The topological polar surface area (TPSA) is 76.1 Å². The number of carbonyl (C=O) groups is 1. The van der Waals surface area contributed by atoms with Gasteiger partial charge in [0.1, 0.15) is 11.4 Å². The molecule has 0 aliphatic rings. The number of ether oxygens (including phenoxy) is 1. The number of aromatic nitrogens is 2.